The van der Waals surface area contributed by atoms with E-state index >= 15 is 0 Å². The van der Waals surface area contributed by atoms with E-state index in [9.17, 15) is 0 Å². The molecule has 0 radical (unpaired) electrons. The van der Waals surface area contributed by atoms with Gasteiger partial charge in [-0.25, -0.2) is 14.8 Å². The van der Waals surface area contributed by atoms with Crippen molar-refractivity contribution in [3.8, 4) is 22.5 Å². The first-order valence-electron chi connectivity index (χ1n) is 13.0. The van der Waals surface area contributed by atoms with E-state index in [2.05, 4.69) is 76.4 Å². The normalized spacial score (nSPS) is 18.4. The average molecular weight is 485 g/mol. The van der Waals surface area contributed by atoms with E-state index in [-0.39, 0.29) is 5.41 Å². The first kappa shape index (κ1) is 24.3. The van der Waals surface area contributed by atoms with Gasteiger partial charge in [-0.2, -0.15) is 5.10 Å². The van der Waals surface area contributed by atoms with Crippen LogP contribution >= 0.6 is 0 Å². The SMILES string of the molecule is CC(C)(C)c1nc(C2CCC(CCN)CC2)n(Cc2ccc(-c3ccccc3-c3nnn[nH]3)cc2)n1. The van der Waals surface area contributed by atoms with Crippen molar-refractivity contribution in [3.05, 3.63) is 65.7 Å². The van der Waals surface area contributed by atoms with Crippen LogP contribution in [0.3, 0.4) is 0 Å². The average Bonchev–Trinajstić information content (AvgIpc) is 3.56. The Bertz CT molecular complexity index is 1260. The van der Waals surface area contributed by atoms with Crippen molar-refractivity contribution in [3.63, 3.8) is 0 Å². The fourth-order valence-corrected chi connectivity index (χ4v) is 5.21. The van der Waals surface area contributed by atoms with Crippen LogP contribution in [0, 0.1) is 5.92 Å². The molecular weight excluding hydrogens is 448 g/mol. The molecule has 0 amide bonds. The molecule has 3 N–H and O–H groups in total. The van der Waals surface area contributed by atoms with E-state index in [1.54, 1.807) is 0 Å². The summed E-state index contributed by atoms with van der Waals surface area (Å²) in [5.41, 5.74) is 10.1. The number of H-pyrrole nitrogens is 1. The van der Waals surface area contributed by atoms with Gasteiger partial charge in [0.05, 0.1) is 6.54 Å². The largest absolute Gasteiger partial charge is 0.330 e. The lowest BCUT2D eigenvalue weighted by atomic mass is 9.80. The second-order valence-corrected chi connectivity index (χ2v) is 11.0. The Morgan fingerprint density at radius 1 is 0.972 bits per heavy atom. The van der Waals surface area contributed by atoms with Gasteiger partial charge in [0.15, 0.2) is 11.6 Å². The van der Waals surface area contributed by atoms with Gasteiger partial charge in [0.1, 0.15) is 5.82 Å². The van der Waals surface area contributed by atoms with Gasteiger partial charge < -0.3 is 5.73 Å². The van der Waals surface area contributed by atoms with Crippen LogP contribution in [0.15, 0.2) is 48.5 Å². The summed E-state index contributed by atoms with van der Waals surface area (Å²) >= 11 is 0. The molecule has 0 atom stereocenters. The molecule has 0 spiro atoms. The summed E-state index contributed by atoms with van der Waals surface area (Å²) in [5.74, 6) is 3.95. The van der Waals surface area contributed by atoms with Gasteiger partial charge in [0, 0.05) is 16.9 Å². The van der Waals surface area contributed by atoms with Gasteiger partial charge in [0.2, 0.25) is 0 Å². The summed E-state index contributed by atoms with van der Waals surface area (Å²) in [4.78, 5) is 5.08. The molecule has 0 saturated heterocycles. The lowest BCUT2D eigenvalue weighted by molar-refractivity contribution is 0.302. The Morgan fingerprint density at radius 3 is 2.33 bits per heavy atom. The summed E-state index contributed by atoms with van der Waals surface area (Å²) in [6, 6.07) is 16.9. The van der Waals surface area contributed by atoms with Crippen LogP contribution in [0.1, 0.15) is 76.0 Å². The predicted molar refractivity (Wildman–Crippen MR) is 141 cm³/mol. The molecule has 0 bridgehead atoms. The highest BCUT2D eigenvalue weighted by Gasteiger charge is 2.29. The minimum Gasteiger partial charge on any atom is -0.330 e. The second kappa shape index (κ2) is 10.3. The van der Waals surface area contributed by atoms with Crippen molar-refractivity contribution in [1.82, 2.24) is 35.4 Å². The lowest BCUT2D eigenvalue weighted by Gasteiger charge is -2.27. The van der Waals surface area contributed by atoms with Gasteiger partial charge in [-0.1, -0.05) is 69.3 Å². The third-order valence-electron chi connectivity index (χ3n) is 7.28. The Labute approximate surface area is 212 Å². The second-order valence-electron chi connectivity index (χ2n) is 11.0. The number of nitrogens with zero attached hydrogens (tertiary/aromatic N) is 6. The van der Waals surface area contributed by atoms with Gasteiger partial charge in [0.25, 0.3) is 0 Å². The molecule has 2 aromatic heterocycles. The highest BCUT2D eigenvalue weighted by Crippen LogP contribution is 2.37. The van der Waals surface area contributed by atoms with Crippen molar-refractivity contribution in [1.29, 1.82) is 0 Å². The van der Waals surface area contributed by atoms with Crippen LogP contribution in [0.25, 0.3) is 22.5 Å². The lowest BCUT2D eigenvalue weighted by Crippen LogP contribution is -2.19. The maximum absolute atomic E-state index is 5.81. The number of hydrogen-bond acceptors (Lipinski definition) is 6. The van der Waals surface area contributed by atoms with Crippen molar-refractivity contribution in [2.45, 2.75) is 70.8 Å². The number of hydrogen-bond donors (Lipinski definition) is 2. The molecule has 0 unspecified atom stereocenters. The molecular formula is C28H36N8. The summed E-state index contributed by atoms with van der Waals surface area (Å²) in [7, 11) is 0. The molecule has 1 aliphatic rings. The van der Waals surface area contributed by atoms with Crippen LogP contribution in [-0.4, -0.2) is 41.9 Å². The Hall–Kier alpha value is -3.39. The molecule has 2 aromatic carbocycles. The van der Waals surface area contributed by atoms with Crippen molar-refractivity contribution >= 4 is 0 Å². The predicted octanol–water partition coefficient (Wildman–Crippen LogP) is 5.09. The maximum Gasteiger partial charge on any atom is 0.180 e. The quantitative estimate of drug-likeness (QED) is 0.378. The first-order chi connectivity index (χ1) is 17.4. The standard InChI is InChI=1S/C28H36N8/c1-28(2,3)27-30-26(22-14-8-19(9-15-22)16-17-29)36(33-27)18-20-10-12-21(13-11-20)23-6-4-5-7-24(23)25-31-34-35-32-25/h4-7,10-13,19,22H,8-9,14-18,29H2,1-3H3,(H,31,32,34,35). The van der Waals surface area contributed by atoms with E-state index in [4.69, 9.17) is 15.8 Å². The van der Waals surface area contributed by atoms with Crippen LogP contribution in [0.5, 0.6) is 0 Å². The number of nitrogens with two attached hydrogens (primary N) is 1. The minimum atomic E-state index is -0.0834. The molecule has 36 heavy (non-hydrogen) atoms. The van der Waals surface area contributed by atoms with E-state index in [0.717, 1.165) is 53.8 Å². The molecule has 8 nitrogen and oxygen atoms in total. The van der Waals surface area contributed by atoms with Crippen molar-refractivity contribution in [2.24, 2.45) is 11.7 Å². The molecule has 0 aliphatic heterocycles. The molecule has 1 fully saturated rings. The smallest absolute Gasteiger partial charge is 0.180 e. The molecule has 1 saturated carbocycles. The fourth-order valence-electron chi connectivity index (χ4n) is 5.21. The van der Waals surface area contributed by atoms with Crippen LogP contribution in [0.2, 0.25) is 0 Å². The minimum absolute atomic E-state index is 0.0834. The maximum atomic E-state index is 5.81. The molecule has 188 valence electrons. The molecule has 2 heterocycles. The zero-order valence-electron chi connectivity index (χ0n) is 21.5. The zero-order valence-corrected chi connectivity index (χ0v) is 21.5. The van der Waals surface area contributed by atoms with Gasteiger partial charge >= 0.3 is 0 Å². The summed E-state index contributed by atoms with van der Waals surface area (Å²) in [6.07, 6.45) is 5.93. The monoisotopic (exact) mass is 484 g/mol. The highest BCUT2D eigenvalue weighted by molar-refractivity contribution is 5.80. The molecule has 1 aliphatic carbocycles. The number of aromatic amines is 1. The van der Waals surface area contributed by atoms with E-state index < -0.39 is 0 Å². The van der Waals surface area contributed by atoms with Gasteiger partial charge in [-0.15, -0.1) is 5.10 Å². The number of rotatable bonds is 7. The molecule has 4 aromatic rings. The zero-order chi connectivity index (χ0) is 25.1. The van der Waals surface area contributed by atoms with E-state index in [1.807, 2.05) is 18.2 Å². The van der Waals surface area contributed by atoms with E-state index in [1.165, 1.54) is 31.2 Å². The number of benzene rings is 2. The fraction of sp³-hybridized carbons (Fsp3) is 0.464. The summed E-state index contributed by atoms with van der Waals surface area (Å²) in [5, 5.41) is 19.4. The Balaban J connectivity index is 1.39. The first-order valence-corrected chi connectivity index (χ1v) is 13.0. The summed E-state index contributed by atoms with van der Waals surface area (Å²) < 4.78 is 2.15. The number of aromatic nitrogens is 7. The van der Waals surface area contributed by atoms with Crippen molar-refractivity contribution in [2.75, 3.05) is 6.54 Å². The van der Waals surface area contributed by atoms with Crippen LogP contribution in [0.4, 0.5) is 0 Å². The number of nitrogens with one attached hydrogen (secondary N) is 1. The third kappa shape index (κ3) is 5.23. The Morgan fingerprint density at radius 2 is 1.69 bits per heavy atom. The highest BCUT2D eigenvalue weighted by atomic mass is 15.5. The summed E-state index contributed by atoms with van der Waals surface area (Å²) in [6.45, 7) is 8.06. The topological polar surface area (TPSA) is 111 Å². The molecule has 8 heteroatoms. The molecule has 5 rings (SSSR count). The Kier molecular flexibility index (Phi) is 6.96. The van der Waals surface area contributed by atoms with Gasteiger partial charge in [-0.3, -0.25) is 0 Å². The van der Waals surface area contributed by atoms with Crippen LogP contribution in [-0.2, 0) is 12.0 Å². The third-order valence-corrected chi connectivity index (χ3v) is 7.28. The van der Waals surface area contributed by atoms with Crippen LogP contribution < -0.4 is 5.73 Å². The van der Waals surface area contributed by atoms with E-state index in [0.29, 0.717) is 11.7 Å². The number of tetrazole rings is 1. The van der Waals surface area contributed by atoms with Crippen molar-refractivity contribution < 1.29 is 0 Å². The van der Waals surface area contributed by atoms with Gasteiger partial charge in [-0.05, 0) is 71.7 Å².